The fraction of sp³-hybridized carbons (Fsp3) is 0.417. The van der Waals surface area contributed by atoms with Crippen molar-refractivity contribution in [2.45, 2.75) is 31.5 Å². The minimum Gasteiger partial charge on any atom is -0.359 e. The molecule has 2 heterocycles. The summed E-state index contributed by atoms with van der Waals surface area (Å²) in [6, 6.07) is 2.34. The minimum atomic E-state index is -4.69. The number of aromatic nitrogens is 3. The van der Waals surface area contributed by atoms with E-state index in [0.717, 1.165) is 23.6 Å². The van der Waals surface area contributed by atoms with E-state index in [1.54, 1.807) is 0 Å². The van der Waals surface area contributed by atoms with Crippen LogP contribution in [0.5, 0.6) is 0 Å². The van der Waals surface area contributed by atoms with E-state index in [9.17, 15) is 18.0 Å². The highest BCUT2D eigenvalue weighted by Gasteiger charge is 2.37. The average molecular weight is 285 g/mol. The van der Waals surface area contributed by atoms with Crippen LogP contribution in [0, 0.1) is 0 Å². The Hall–Kier alpha value is -2.12. The third kappa shape index (κ3) is 2.45. The molecule has 2 aromatic rings. The third-order valence-electron chi connectivity index (χ3n) is 3.09. The van der Waals surface area contributed by atoms with Crippen LogP contribution >= 0.6 is 0 Å². The molecule has 0 aromatic carbocycles. The molecule has 0 bridgehead atoms. The lowest BCUT2D eigenvalue weighted by Crippen LogP contribution is -2.31. The molecule has 1 fully saturated rings. The van der Waals surface area contributed by atoms with Crippen molar-refractivity contribution in [2.24, 2.45) is 0 Å². The van der Waals surface area contributed by atoms with E-state index in [0.29, 0.717) is 5.69 Å². The first-order valence-corrected chi connectivity index (χ1v) is 6.04. The van der Waals surface area contributed by atoms with Gasteiger partial charge >= 0.3 is 6.18 Å². The maximum Gasteiger partial charge on any atom is 0.421 e. The maximum absolute atomic E-state index is 12.9. The number of nitrogens with zero attached hydrogens (tertiary/aromatic N) is 3. The van der Waals surface area contributed by atoms with Gasteiger partial charge in [0, 0.05) is 12.0 Å². The Balaban J connectivity index is 2.07. The molecule has 1 saturated carbocycles. The fourth-order valence-corrected chi connectivity index (χ4v) is 1.92. The van der Waals surface area contributed by atoms with Gasteiger partial charge in [-0.2, -0.15) is 18.3 Å². The molecule has 0 unspecified atom stereocenters. The zero-order valence-electron chi connectivity index (χ0n) is 10.2. The smallest absolute Gasteiger partial charge is 0.359 e. The van der Waals surface area contributed by atoms with Gasteiger partial charge in [0.15, 0.2) is 5.76 Å². The van der Waals surface area contributed by atoms with Gasteiger partial charge < -0.3 is 4.52 Å². The minimum absolute atomic E-state index is 0.0117. The monoisotopic (exact) mass is 285 g/mol. The molecule has 2 aromatic heterocycles. The summed E-state index contributed by atoms with van der Waals surface area (Å²) in [6.07, 6.45) is -1.74. The standard InChI is InChI=1S/C12H10F3N3O2/c13-12(14,15)9-5-10(7-1-2-7)17-18(11(9)19)6-8-3-4-16-20-8/h3-5,7H,1-2,6H2. The molecule has 0 amide bonds. The molecule has 0 aliphatic heterocycles. The Morgan fingerprint density at radius 2 is 2.15 bits per heavy atom. The van der Waals surface area contributed by atoms with Gasteiger partial charge in [-0.1, -0.05) is 5.16 Å². The van der Waals surface area contributed by atoms with E-state index < -0.39 is 17.3 Å². The first-order chi connectivity index (χ1) is 9.45. The summed E-state index contributed by atoms with van der Waals surface area (Å²) in [4.78, 5) is 11.9. The van der Waals surface area contributed by atoms with Crippen LogP contribution in [0.15, 0.2) is 27.6 Å². The van der Waals surface area contributed by atoms with E-state index in [1.807, 2.05) is 0 Å². The van der Waals surface area contributed by atoms with Crippen LogP contribution in [0.4, 0.5) is 13.2 Å². The molecule has 0 N–H and O–H groups in total. The third-order valence-corrected chi connectivity index (χ3v) is 3.09. The average Bonchev–Trinajstić information content (AvgIpc) is 3.09. The van der Waals surface area contributed by atoms with E-state index in [-0.39, 0.29) is 18.2 Å². The first kappa shape index (κ1) is 12.9. The van der Waals surface area contributed by atoms with Crippen molar-refractivity contribution in [1.82, 2.24) is 14.9 Å². The van der Waals surface area contributed by atoms with Crippen LogP contribution in [-0.2, 0) is 12.7 Å². The van der Waals surface area contributed by atoms with Crippen molar-refractivity contribution in [3.05, 3.63) is 45.7 Å². The fourth-order valence-electron chi connectivity index (χ4n) is 1.92. The van der Waals surface area contributed by atoms with Crippen molar-refractivity contribution in [3.8, 4) is 0 Å². The first-order valence-electron chi connectivity index (χ1n) is 6.04. The molecule has 0 spiro atoms. The zero-order valence-corrected chi connectivity index (χ0v) is 10.2. The largest absolute Gasteiger partial charge is 0.421 e. The van der Waals surface area contributed by atoms with Crippen molar-refractivity contribution in [3.63, 3.8) is 0 Å². The van der Waals surface area contributed by atoms with Crippen LogP contribution < -0.4 is 5.56 Å². The lowest BCUT2D eigenvalue weighted by molar-refractivity contribution is -0.139. The molecule has 106 valence electrons. The number of rotatable bonds is 3. The lowest BCUT2D eigenvalue weighted by atomic mass is 10.2. The van der Waals surface area contributed by atoms with E-state index >= 15 is 0 Å². The van der Waals surface area contributed by atoms with Crippen LogP contribution in [0.25, 0.3) is 0 Å². The molecular weight excluding hydrogens is 275 g/mol. The highest BCUT2D eigenvalue weighted by molar-refractivity contribution is 5.22. The van der Waals surface area contributed by atoms with Gasteiger partial charge in [-0.15, -0.1) is 0 Å². The lowest BCUT2D eigenvalue weighted by Gasteiger charge is -2.11. The molecule has 1 aliphatic rings. The molecule has 5 nitrogen and oxygen atoms in total. The number of halogens is 3. The second kappa shape index (κ2) is 4.46. The second-order valence-corrected chi connectivity index (χ2v) is 4.70. The molecule has 0 atom stereocenters. The van der Waals surface area contributed by atoms with Gasteiger partial charge in [0.05, 0.1) is 11.9 Å². The van der Waals surface area contributed by atoms with Crippen molar-refractivity contribution in [2.75, 3.05) is 0 Å². The molecule has 20 heavy (non-hydrogen) atoms. The molecule has 0 radical (unpaired) electrons. The van der Waals surface area contributed by atoms with Crippen LogP contribution in [0.1, 0.15) is 35.8 Å². The van der Waals surface area contributed by atoms with Crippen molar-refractivity contribution in [1.29, 1.82) is 0 Å². The Kier molecular flexibility index (Phi) is 2.88. The molecule has 1 aliphatic carbocycles. The summed E-state index contributed by atoms with van der Waals surface area (Å²) in [5.74, 6) is 0.290. The highest BCUT2D eigenvalue weighted by atomic mass is 19.4. The summed E-state index contributed by atoms with van der Waals surface area (Å²) in [7, 11) is 0. The predicted molar refractivity (Wildman–Crippen MR) is 61.1 cm³/mol. The number of hydrogen-bond donors (Lipinski definition) is 0. The SMILES string of the molecule is O=c1c(C(F)(F)F)cc(C2CC2)nn1Cc1ccno1. The van der Waals surface area contributed by atoms with Crippen LogP contribution in [0.3, 0.4) is 0 Å². The summed E-state index contributed by atoms with van der Waals surface area (Å²) < 4.78 is 44.3. The van der Waals surface area contributed by atoms with Crippen molar-refractivity contribution >= 4 is 0 Å². The number of hydrogen-bond acceptors (Lipinski definition) is 4. The normalized spacial score (nSPS) is 15.6. The molecule has 8 heteroatoms. The highest BCUT2D eigenvalue weighted by Crippen LogP contribution is 2.40. The Labute approximate surface area is 111 Å². The summed E-state index contributed by atoms with van der Waals surface area (Å²) in [5, 5.41) is 7.45. The Bertz CT molecular complexity index is 672. The summed E-state index contributed by atoms with van der Waals surface area (Å²) >= 11 is 0. The van der Waals surface area contributed by atoms with Crippen LogP contribution in [-0.4, -0.2) is 14.9 Å². The van der Waals surface area contributed by atoms with Gasteiger partial charge in [-0.3, -0.25) is 4.79 Å². The molecule has 3 rings (SSSR count). The Morgan fingerprint density at radius 1 is 1.40 bits per heavy atom. The quantitative estimate of drug-likeness (QED) is 0.867. The topological polar surface area (TPSA) is 60.9 Å². The zero-order chi connectivity index (χ0) is 14.3. The van der Waals surface area contributed by atoms with Gasteiger partial charge in [-0.25, -0.2) is 4.68 Å². The second-order valence-electron chi connectivity index (χ2n) is 4.70. The molecular formula is C12H10F3N3O2. The number of alkyl halides is 3. The van der Waals surface area contributed by atoms with E-state index in [1.165, 1.54) is 12.3 Å². The molecule has 0 saturated heterocycles. The Morgan fingerprint density at radius 3 is 2.70 bits per heavy atom. The van der Waals surface area contributed by atoms with Crippen LogP contribution in [0.2, 0.25) is 0 Å². The summed E-state index contributed by atoms with van der Waals surface area (Å²) in [5.41, 5.74) is -2.05. The van der Waals surface area contributed by atoms with Crippen molar-refractivity contribution < 1.29 is 17.7 Å². The summed E-state index contributed by atoms with van der Waals surface area (Å²) in [6.45, 7) is -0.164. The maximum atomic E-state index is 12.9. The van der Waals surface area contributed by atoms with Gasteiger partial charge in [0.25, 0.3) is 5.56 Å². The van der Waals surface area contributed by atoms with E-state index in [2.05, 4.69) is 10.3 Å². The van der Waals surface area contributed by atoms with E-state index in [4.69, 9.17) is 4.52 Å². The predicted octanol–water partition coefficient (Wildman–Crippen LogP) is 2.18. The van der Waals surface area contributed by atoms with Gasteiger partial charge in [0.2, 0.25) is 0 Å². The van der Waals surface area contributed by atoms with Gasteiger partial charge in [-0.05, 0) is 18.9 Å². The van der Waals surface area contributed by atoms with Gasteiger partial charge in [0.1, 0.15) is 12.1 Å².